The Labute approximate surface area is 98.3 Å². The van der Waals surface area contributed by atoms with Gasteiger partial charge in [0.15, 0.2) is 0 Å². The Balaban J connectivity index is 2.11. The predicted octanol–water partition coefficient (Wildman–Crippen LogP) is 2.47. The molecule has 0 atom stereocenters. The summed E-state index contributed by atoms with van der Waals surface area (Å²) in [6, 6.07) is 6.12. The number of rotatable bonds is 4. The first-order chi connectivity index (χ1) is 7.79. The molecule has 0 amide bonds. The molecule has 0 radical (unpaired) electrons. The molecule has 0 unspecified atom stereocenters. The summed E-state index contributed by atoms with van der Waals surface area (Å²) in [6.45, 7) is 2.76. The van der Waals surface area contributed by atoms with Crippen molar-refractivity contribution in [2.24, 2.45) is 0 Å². The van der Waals surface area contributed by atoms with Gasteiger partial charge in [-0.05, 0) is 13.0 Å². The lowest BCUT2D eigenvalue weighted by molar-refractivity contribution is 0.410. The molecule has 2 rings (SSSR count). The number of nitrogens with one attached hydrogen (secondary N) is 1. The van der Waals surface area contributed by atoms with Crippen LogP contribution in [-0.4, -0.2) is 17.3 Å². The first-order valence-electron chi connectivity index (χ1n) is 4.93. The van der Waals surface area contributed by atoms with Gasteiger partial charge < -0.3 is 10.1 Å². The molecular weight excluding hydrogens is 222 g/mol. The summed E-state index contributed by atoms with van der Waals surface area (Å²) >= 11 is 1.49. The van der Waals surface area contributed by atoms with Crippen molar-refractivity contribution in [3.8, 4) is 5.75 Å². The van der Waals surface area contributed by atoms with Crippen molar-refractivity contribution in [3.63, 3.8) is 0 Å². The monoisotopic (exact) mass is 235 g/mol. The first-order valence-corrected chi connectivity index (χ1v) is 5.81. The number of hydrogen-bond donors (Lipinski definition) is 1. The summed E-state index contributed by atoms with van der Waals surface area (Å²) in [5.41, 5.74) is 4.04. The summed E-state index contributed by atoms with van der Waals surface area (Å²) in [5.74, 6) is 0.891. The maximum atomic E-state index is 5.30. The second-order valence-electron chi connectivity index (χ2n) is 3.41. The van der Waals surface area contributed by atoms with E-state index in [-0.39, 0.29) is 0 Å². The van der Waals surface area contributed by atoms with Gasteiger partial charge in [0.05, 0.1) is 7.11 Å². The number of anilines is 1. The third-order valence-corrected chi connectivity index (χ3v) is 2.87. The Hall–Kier alpha value is -1.62. The molecule has 0 aliphatic carbocycles. The maximum Gasteiger partial charge on any atom is 0.205 e. The van der Waals surface area contributed by atoms with E-state index in [1.165, 1.54) is 16.9 Å². The van der Waals surface area contributed by atoms with Crippen LogP contribution in [-0.2, 0) is 6.54 Å². The molecule has 1 heterocycles. The van der Waals surface area contributed by atoms with Gasteiger partial charge in [0.25, 0.3) is 0 Å². The van der Waals surface area contributed by atoms with Crippen LogP contribution < -0.4 is 10.1 Å². The molecule has 0 saturated carbocycles. The van der Waals surface area contributed by atoms with Gasteiger partial charge >= 0.3 is 0 Å². The summed E-state index contributed by atoms with van der Waals surface area (Å²) in [4.78, 5) is 0. The minimum atomic E-state index is 0.694. The lowest BCUT2D eigenvalue weighted by atomic mass is 10.1. The zero-order valence-corrected chi connectivity index (χ0v) is 10.0. The number of aromatic nitrogens is 2. The molecule has 4 nitrogen and oxygen atoms in total. The number of nitrogens with zero attached hydrogens (tertiary/aromatic N) is 2. The van der Waals surface area contributed by atoms with Crippen LogP contribution in [0, 0.1) is 6.92 Å². The zero-order valence-electron chi connectivity index (χ0n) is 9.23. The summed E-state index contributed by atoms with van der Waals surface area (Å²) in [6.07, 6.45) is 0. The maximum absolute atomic E-state index is 5.30. The van der Waals surface area contributed by atoms with E-state index in [1.54, 1.807) is 12.6 Å². The highest BCUT2D eigenvalue weighted by molar-refractivity contribution is 7.13. The quantitative estimate of drug-likeness (QED) is 0.884. The molecule has 0 bridgehead atoms. The third-order valence-electron chi connectivity index (χ3n) is 2.23. The van der Waals surface area contributed by atoms with Crippen molar-refractivity contribution in [1.82, 2.24) is 10.2 Å². The Morgan fingerprint density at radius 2 is 2.31 bits per heavy atom. The van der Waals surface area contributed by atoms with Crippen LogP contribution in [0.5, 0.6) is 5.75 Å². The average Bonchev–Trinajstić information content (AvgIpc) is 2.79. The Bertz CT molecular complexity index is 456. The van der Waals surface area contributed by atoms with E-state index in [2.05, 4.69) is 28.5 Å². The Morgan fingerprint density at radius 3 is 3.00 bits per heavy atom. The summed E-state index contributed by atoms with van der Waals surface area (Å²) < 4.78 is 5.30. The number of aryl methyl sites for hydroxylation is 1. The van der Waals surface area contributed by atoms with Gasteiger partial charge in [-0.15, -0.1) is 10.2 Å². The van der Waals surface area contributed by atoms with E-state index < -0.39 is 0 Å². The van der Waals surface area contributed by atoms with Gasteiger partial charge in [-0.1, -0.05) is 29.0 Å². The van der Waals surface area contributed by atoms with Gasteiger partial charge in [0.2, 0.25) is 5.13 Å². The van der Waals surface area contributed by atoms with Crippen LogP contribution >= 0.6 is 11.3 Å². The second kappa shape index (κ2) is 4.94. The number of hydrogen-bond acceptors (Lipinski definition) is 5. The number of methoxy groups -OCH3 is 1. The molecule has 0 aliphatic rings. The van der Waals surface area contributed by atoms with Gasteiger partial charge in [-0.3, -0.25) is 0 Å². The molecule has 1 N–H and O–H groups in total. The minimum Gasteiger partial charge on any atom is -0.496 e. The SMILES string of the molecule is COc1ccc(C)cc1CNc1nncs1. The molecule has 5 heteroatoms. The fourth-order valence-electron chi connectivity index (χ4n) is 1.47. The third kappa shape index (κ3) is 2.49. The highest BCUT2D eigenvalue weighted by atomic mass is 32.1. The molecule has 16 heavy (non-hydrogen) atoms. The Morgan fingerprint density at radius 1 is 1.44 bits per heavy atom. The number of ether oxygens (including phenoxy) is 1. The van der Waals surface area contributed by atoms with Crippen LogP contribution in [0.25, 0.3) is 0 Å². The molecule has 0 aliphatic heterocycles. The van der Waals surface area contributed by atoms with Crippen LogP contribution in [0.4, 0.5) is 5.13 Å². The van der Waals surface area contributed by atoms with Gasteiger partial charge in [-0.2, -0.15) is 0 Å². The molecule has 1 aromatic carbocycles. The van der Waals surface area contributed by atoms with Crippen molar-refractivity contribution in [1.29, 1.82) is 0 Å². The normalized spacial score (nSPS) is 10.1. The summed E-state index contributed by atoms with van der Waals surface area (Å²) in [5, 5.41) is 11.7. The van der Waals surface area contributed by atoms with Gasteiger partial charge in [0, 0.05) is 12.1 Å². The van der Waals surface area contributed by atoms with Crippen LogP contribution in [0.15, 0.2) is 23.7 Å². The largest absolute Gasteiger partial charge is 0.496 e. The second-order valence-corrected chi connectivity index (χ2v) is 4.25. The highest BCUT2D eigenvalue weighted by Gasteiger charge is 2.03. The Kier molecular flexibility index (Phi) is 3.36. The minimum absolute atomic E-state index is 0.694. The molecule has 0 spiro atoms. The molecule has 0 saturated heterocycles. The lowest BCUT2D eigenvalue weighted by Crippen LogP contribution is -2.01. The molecule has 2 aromatic rings. The predicted molar refractivity (Wildman–Crippen MR) is 65.0 cm³/mol. The molecule has 0 fully saturated rings. The fourth-order valence-corrected chi connectivity index (χ4v) is 1.91. The zero-order chi connectivity index (χ0) is 11.4. The van der Waals surface area contributed by atoms with Crippen molar-refractivity contribution in [2.45, 2.75) is 13.5 Å². The van der Waals surface area contributed by atoms with Crippen molar-refractivity contribution in [3.05, 3.63) is 34.8 Å². The molecule has 1 aromatic heterocycles. The molecular formula is C11H13N3OS. The van der Waals surface area contributed by atoms with Crippen LogP contribution in [0.1, 0.15) is 11.1 Å². The lowest BCUT2D eigenvalue weighted by Gasteiger charge is -2.09. The van der Waals surface area contributed by atoms with Crippen LogP contribution in [0.3, 0.4) is 0 Å². The van der Waals surface area contributed by atoms with Gasteiger partial charge in [-0.25, -0.2) is 0 Å². The van der Waals surface area contributed by atoms with Crippen LogP contribution in [0.2, 0.25) is 0 Å². The molecule has 84 valence electrons. The van der Waals surface area contributed by atoms with E-state index >= 15 is 0 Å². The van der Waals surface area contributed by atoms with E-state index in [9.17, 15) is 0 Å². The standard InChI is InChI=1S/C11H13N3OS/c1-8-3-4-10(15-2)9(5-8)6-12-11-14-13-7-16-11/h3-5,7H,6H2,1-2H3,(H,12,14). The van der Waals surface area contributed by atoms with E-state index in [4.69, 9.17) is 4.74 Å². The smallest absolute Gasteiger partial charge is 0.205 e. The van der Waals surface area contributed by atoms with Gasteiger partial charge in [0.1, 0.15) is 11.3 Å². The van der Waals surface area contributed by atoms with E-state index in [0.29, 0.717) is 6.54 Å². The van der Waals surface area contributed by atoms with E-state index in [0.717, 1.165) is 16.4 Å². The van der Waals surface area contributed by atoms with Crippen molar-refractivity contribution in [2.75, 3.05) is 12.4 Å². The average molecular weight is 235 g/mol. The summed E-state index contributed by atoms with van der Waals surface area (Å²) in [7, 11) is 1.68. The van der Waals surface area contributed by atoms with E-state index in [1.807, 2.05) is 12.1 Å². The number of benzene rings is 1. The fraction of sp³-hybridized carbons (Fsp3) is 0.273. The first kappa shape index (κ1) is 10.9. The van der Waals surface area contributed by atoms with Crippen molar-refractivity contribution < 1.29 is 4.74 Å². The van der Waals surface area contributed by atoms with Crippen molar-refractivity contribution >= 4 is 16.5 Å². The topological polar surface area (TPSA) is 47.0 Å². The highest BCUT2D eigenvalue weighted by Crippen LogP contribution is 2.21.